The first kappa shape index (κ1) is 20.4. The number of hydrogen-bond acceptors (Lipinski definition) is 5. The van der Waals surface area contributed by atoms with Gasteiger partial charge >= 0.3 is 0 Å². The van der Waals surface area contributed by atoms with Gasteiger partial charge in [0.25, 0.3) is 5.91 Å². The Labute approximate surface area is 189 Å². The van der Waals surface area contributed by atoms with Gasteiger partial charge in [0.2, 0.25) is 5.89 Å². The number of oxazole rings is 1. The van der Waals surface area contributed by atoms with Crippen LogP contribution in [0.3, 0.4) is 0 Å². The molecular weight excluding hydrogens is 516 g/mol. The lowest BCUT2D eigenvalue weighted by Crippen LogP contribution is -2.12. The van der Waals surface area contributed by atoms with E-state index in [4.69, 9.17) is 9.15 Å². The molecule has 1 aromatic heterocycles. The Bertz CT molecular complexity index is 1250. The molecule has 1 heterocycles. The number of aromatic hydroxyl groups is 1. The predicted molar refractivity (Wildman–Crippen MR) is 122 cm³/mol. The van der Waals surface area contributed by atoms with E-state index in [0.717, 1.165) is 5.56 Å². The van der Waals surface area contributed by atoms with E-state index in [9.17, 15) is 9.90 Å². The van der Waals surface area contributed by atoms with Gasteiger partial charge in [-0.05, 0) is 93.4 Å². The number of nitrogens with one attached hydrogen (secondary N) is 1. The minimum absolute atomic E-state index is 0.140. The number of carbonyl (C=O) groups is 1. The number of fused-ring (bicyclic) bond motifs is 1. The smallest absolute Gasteiger partial charge is 0.255 e. The zero-order valence-corrected chi connectivity index (χ0v) is 19.0. The highest BCUT2D eigenvalue weighted by Gasteiger charge is 2.13. The standard InChI is InChI=1S/C22H16Br2N2O4/c1-2-29-19-7-4-12(9-16(19)24)21(28)25-14-5-8-20-17(11-14)26-22(30-20)13-3-6-18(27)15(23)10-13/h3-11,27H,2H2,1H3,(H,25,28). The summed E-state index contributed by atoms with van der Waals surface area (Å²) in [6.07, 6.45) is 0. The van der Waals surface area contributed by atoms with Gasteiger partial charge in [-0.3, -0.25) is 4.79 Å². The molecule has 4 rings (SSSR count). The number of nitrogens with zero attached hydrogens (tertiary/aromatic N) is 1. The summed E-state index contributed by atoms with van der Waals surface area (Å²) in [6, 6.07) is 15.5. The number of rotatable bonds is 5. The second kappa shape index (κ2) is 8.49. The van der Waals surface area contributed by atoms with E-state index in [2.05, 4.69) is 42.2 Å². The Hall–Kier alpha value is -2.84. The van der Waals surface area contributed by atoms with E-state index in [0.29, 0.717) is 49.5 Å². The van der Waals surface area contributed by atoms with Crippen molar-refractivity contribution in [2.75, 3.05) is 11.9 Å². The van der Waals surface area contributed by atoms with Crippen LogP contribution >= 0.6 is 31.9 Å². The zero-order chi connectivity index (χ0) is 21.3. The first-order valence-corrected chi connectivity index (χ1v) is 10.7. The average molecular weight is 532 g/mol. The molecule has 0 radical (unpaired) electrons. The van der Waals surface area contributed by atoms with Crippen molar-refractivity contribution in [1.82, 2.24) is 4.98 Å². The third-order valence-electron chi connectivity index (χ3n) is 4.33. The van der Waals surface area contributed by atoms with Crippen LogP contribution in [0.25, 0.3) is 22.6 Å². The molecule has 0 unspecified atom stereocenters. The van der Waals surface area contributed by atoms with Crippen molar-refractivity contribution in [3.63, 3.8) is 0 Å². The summed E-state index contributed by atoms with van der Waals surface area (Å²) in [5, 5.41) is 12.5. The van der Waals surface area contributed by atoms with Crippen LogP contribution in [0.2, 0.25) is 0 Å². The summed E-state index contributed by atoms with van der Waals surface area (Å²) in [5.74, 6) is 1.00. The molecule has 30 heavy (non-hydrogen) atoms. The van der Waals surface area contributed by atoms with E-state index in [1.807, 2.05) is 6.92 Å². The largest absolute Gasteiger partial charge is 0.507 e. The number of carbonyl (C=O) groups excluding carboxylic acids is 1. The van der Waals surface area contributed by atoms with E-state index < -0.39 is 0 Å². The predicted octanol–water partition coefficient (Wildman–Crippen LogP) is 6.38. The first-order valence-electron chi connectivity index (χ1n) is 9.08. The fourth-order valence-corrected chi connectivity index (χ4v) is 3.76. The Morgan fingerprint density at radius 3 is 2.67 bits per heavy atom. The van der Waals surface area contributed by atoms with Gasteiger partial charge in [0.05, 0.1) is 15.6 Å². The maximum atomic E-state index is 12.6. The van der Waals surface area contributed by atoms with E-state index in [-0.39, 0.29) is 11.7 Å². The highest BCUT2D eigenvalue weighted by atomic mass is 79.9. The number of aromatic nitrogens is 1. The summed E-state index contributed by atoms with van der Waals surface area (Å²) < 4.78 is 12.5. The molecule has 0 fully saturated rings. The number of benzene rings is 3. The van der Waals surface area contributed by atoms with Gasteiger partial charge in [-0.25, -0.2) is 4.98 Å². The van der Waals surface area contributed by atoms with Gasteiger partial charge in [0.1, 0.15) is 17.0 Å². The van der Waals surface area contributed by atoms with Crippen molar-refractivity contribution in [1.29, 1.82) is 0 Å². The third-order valence-corrected chi connectivity index (χ3v) is 5.59. The Balaban J connectivity index is 1.57. The minimum Gasteiger partial charge on any atom is -0.507 e. The molecule has 6 nitrogen and oxygen atoms in total. The van der Waals surface area contributed by atoms with Crippen LogP contribution in [-0.2, 0) is 0 Å². The second-order valence-corrected chi connectivity index (χ2v) is 8.11. The molecular formula is C22H16Br2N2O4. The molecule has 0 saturated carbocycles. The maximum Gasteiger partial charge on any atom is 0.255 e. The third kappa shape index (κ3) is 4.20. The molecule has 152 valence electrons. The lowest BCUT2D eigenvalue weighted by molar-refractivity contribution is 0.102. The summed E-state index contributed by atoms with van der Waals surface area (Å²) >= 11 is 6.71. The summed E-state index contributed by atoms with van der Waals surface area (Å²) in [5.41, 5.74) is 3.03. The number of phenols is 1. The van der Waals surface area contributed by atoms with Crippen molar-refractivity contribution >= 4 is 54.6 Å². The molecule has 0 atom stereocenters. The van der Waals surface area contributed by atoms with Crippen LogP contribution in [0.15, 0.2) is 68.0 Å². The molecule has 2 N–H and O–H groups in total. The van der Waals surface area contributed by atoms with Gasteiger partial charge in [0, 0.05) is 16.8 Å². The second-order valence-electron chi connectivity index (χ2n) is 6.40. The molecule has 3 aromatic carbocycles. The van der Waals surface area contributed by atoms with Crippen LogP contribution in [0.4, 0.5) is 5.69 Å². The SMILES string of the molecule is CCOc1ccc(C(=O)Nc2ccc3oc(-c4ccc(O)c(Br)c4)nc3c2)cc1Br. The Morgan fingerprint density at radius 1 is 1.10 bits per heavy atom. The number of halogens is 2. The normalized spacial score (nSPS) is 10.9. The Kier molecular flexibility index (Phi) is 5.78. The molecule has 4 aromatic rings. The van der Waals surface area contributed by atoms with Crippen molar-refractivity contribution in [2.24, 2.45) is 0 Å². The van der Waals surface area contributed by atoms with Gasteiger partial charge in [-0.2, -0.15) is 0 Å². The van der Waals surface area contributed by atoms with E-state index in [1.165, 1.54) is 0 Å². The zero-order valence-electron chi connectivity index (χ0n) is 15.8. The molecule has 0 spiro atoms. The number of phenolic OH excluding ortho intramolecular Hbond substituents is 1. The van der Waals surface area contributed by atoms with Gasteiger partial charge < -0.3 is 19.6 Å². The number of hydrogen-bond donors (Lipinski definition) is 2. The van der Waals surface area contributed by atoms with Crippen LogP contribution in [0.1, 0.15) is 17.3 Å². The molecule has 0 saturated heterocycles. The first-order chi connectivity index (χ1) is 14.4. The topological polar surface area (TPSA) is 84.6 Å². The molecule has 1 amide bonds. The molecule has 0 bridgehead atoms. The van der Waals surface area contributed by atoms with Gasteiger partial charge in [-0.15, -0.1) is 0 Å². The van der Waals surface area contributed by atoms with Crippen LogP contribution in [0, 0.1) is 0 Å². The number of ether oxygens (including phenoxy) is 1. The van der Waals surface area contributed by atoms with Gasteiger partial charge in [-0.1, -0.05) is 0 Å². The quantitative estimate of drug-likeness (QED) is 0.312. The van der Waals surface area contributed by atoms with Crippen molar-refractivity contribution in [3.05, 3.63) is 69.1 Å². The van der Waals surface area contributed by atoms with E-state index >= 15 is 0 Å². The fraction of sp³-hybridized carbons (Fsp3) is 0.0909. The lowest BCUT2D eigenvalue weighted by Gasteiger charge is -2.09. The molecule has 0 aliphatic rings. The summed E-state index contributed by atoms with van der Waals surface area (Å²) in [7, 11) is 0. The number of amides is 1. The monoisotopic (exact) mass is 530 g/mol. The maximum absolute atomic E-state index is 12.6. The minimum atomic E-state index is -0.246. The van der Waals surface area contributed by atoms with Crippen molar-refractivity contribution in [2.45, 2.75) is 6.92 Å². The molecule has 0 aliphatic heterocycles. The van der Waals surface area contributed by atoms with Crippen molar-refractivity contribution in [3.8, 4) is 23.0 Å². The molecule has 0 aliphatic carbocycles. The lowest BCUT2D eigenvalue weighted by atomic mass is 10.2. The summed E-state index contributed by atoms with van der Waals surface area (Å²) in [6.45, 7) is 2.45. The number of anilines is 1. The van der Waals surface area contributed by atoms with Crippen molar-refractivity contribution < 1.29 is 19.1 Å². The molecule has 8 heteroatoms. The van der Waals surface area contributed by atoms with Crippen LogP contribution in [0.5, 0.6) is 11.5 Å². The fourth-order valence-electron chi connectivity index (χ4n) is 2.89. The van der Waals surface area contributed by atoms with Gasteiger partial charge in [0.15, 0.2) is 5.58 Å². The van der Waals surface area contributed by atoms with Crippen LogP contribution in [-0.4, -0.2) is 22.6 Å². The Morgan fingerprint density at radius 2 is 1.93 bits per heavy atom. The highest BCUT2D eigenvalue weighted by molar-refractivity contribution is 9.10. The highest BCUT2D eigenvalue weighted by Crippen LogP contribution is 2.32. The average Bonchev–Trinajstić information content (AvgIpc) is 3.15. The summed E-state index contributed by atoms with van der Waals surface area (Å²) in [4.78, 5) is 17.1. The van der Waals surface area contributed by atoms with E-state index in [1.54, 1.807) is 54.6 Å². The van der Waals surface area contributed by atoms with Crippen LogP contribution < -0.4 is 10.1 Å².